The van der Waals surface area contributed by atoms with Gasteiger partial charge in [-0.05, 0) is 32.3 Å². The summed E-state index contributed by atoms with van der Waals surface area (Å²) in [5, 5.41) is 3.15. The van der Waals surface area contributed by atoms with Gasteiger partial charge in [-0.3, -0.25) is 4.79 Å². The van der Waals surface area contributed by atoms with E-state index in [9.17, 15) is 4.79 Å². The van der Waals surface area contributed by atoms with Gasteiger partial charge in [0, 0.05) is 5.92 Å². The van der Waals surface area contributed by atoms with Crippen LogP contribution in [0.1, 0.15) is 56.2 Å². The van der Waals surface area contributed by atoms with Gasteiger partial charge in [0.2, 0.25) is 5.91 Å². The standard InChI is InChI=1S/C16H23NO/c1-12-8-10-14(11-9-12)13(2)17-16(18)15-6-4-3-5-7-15/h8-11,13,15H,3-7H2,1-2H3,(H,17,18)/t13-/m0/s1. The molecular weight excluding hydrogens is 222 g/mol. The Kier molecular flexibility index (Phi) is 4.40. The van der Waals surface area contributed by atoms with Crippen molar-refractivity contribution in [3.63, 3.8) is 0 Å². The summed E-state index contributed by atoms with van der Waals surface area (Å²) >= 11 is 0. The smallest absolute Gasteiger partial charge is 0.223 e. The van der Waals surface area contributed by atoms with Gasteiger partial charge in [-0.2, -0.15) is 0 Å². The van der Waals surface area contributed by atoms with Crippen LogP contribution >= 0.6 is 0 Å². The lowest BCUT2D eigenvalue weighted by molar-refractivity contribution is -0.126. The van der Waals surface area contributed by atoms with E-state index in [2.05, 4.69) is 43.4 Å². The van der Waals surface area contributed by atoms with E-state index in [-0.39, 0.29) is 17.9 Å². The van der Waals surface area contributed by atoms with Gasteiger partial charge in [0.1, 0.15) is 0 Å². The molecule has 18 heavy (non-hydrogen) atoms. The minimum atomic E-state index is 0.111. The largest absolute Gasteiger partial charge is 0.349 e. The van der Waals surface area contributed by atoms with Crippen molar-refractivity contribution in [2.75, 3.05) is 0 Å². The number of aryl methyl sites for hydroxylation is 1. The highest BCUT2D eigenvalue weighted by molar-refractivity contribution is 5.79. The quantitative estimate of drug-likeness (QED) is 0.863. The number of carbonyl (C=O) groups is 1. The molecule has 1 amide bonds. The lowest BCUT2D eigenvalue weighted by Gasteiger charge is -2.23. The molecule has 2 rings (SSSR count). The summed E-state index contributed by atoms with van der Waals surface area (Å²) in [5.74, 6) is 0.481. The van der Waals surface area contributed by atoms with E-state index >= 15 is 0 Å². The third-order valence-corrected chi connectivity index (χ3v) is 3.91. The van der Waals surface area contributed by atoms with Gasteiger partial charge >= 0.3 is 0 Å². The first kappa shape index (κ1) is 13.1. The lowest BCUT2D eigenvalue weighted by atomic mass is 9.88. The van der Waals surface area contributed by atoms with Crippen LogP contribution in [0.25, 0.3) is 0 Å². The molecule has 98 valence electrons. The molecule has 0 aromatic heterocycles. The molecular formula is C16H23NO. The monoisotopic (exact) mass is 245 g/mol. The summed E-state index contributed by atoms with van der Waals surface area (Å²) in [7, 11) is 0. The van der Waals surface area contributed by atoms with Crippen LogP contribution in [0.15, 0.2) is 24.3 Å². The van der Waals surface area contributed by atoms with E-state index in [1.54, 1.807) is 0 Å². The molecule has 1 fully saturated rings. The molecule has 1 aromatic rings. The first-order chi connectivity index (χ1) is 8.66. The van der Waals surface area contributed by atoms with Crippen molar-refractivity contribution in [3.8, 4) is 0 Å². The van der Waals surface area contributed by atoms with Gasteiger partial charge in [0.05, 0.1) is 6.04 Å². The number of benzene rings is 1. The third kappa shape index (κ3) is 3.34. The van der Waals surface area contributed by atoms with Crippen molar-refractivity contribution in [2.24, 2.45) is 5.92 Å². The summed E-state index contributed by atoms with van der Waals surface area (Å²) < 4.78 is 0. The second-order valence-corrected chi connectivity index (χ2v) is 5.48. The summed E-state index contributed by atoms with van der Waals surface area (Å²) in [5.41, 5.74) is 2.44. The number of nitrogens with one attached hydrogen (secondary N) is 1. The predicted molar refractivity (Wildman–Crippen MR) is 74.3 cm³/mol. The molecule has 1 atom stereocenters. The normalized spacial score (nSPS) is 18.3. The molecule has 0 aliphatic heterocycles. The van der Waals surface area contributed by atoms with Crippen LogP contribution in [0.2, 0.25) is 0 Å². The van der Waals surface area contributed by atoms with Crippen LogP contribution in [0.3, 0.4) is 0 Å². The van der Waals surface area contributed by atoms with Gasteiger partial charge in [0.15, 0.2) is 0 Å². The fourth-order valence-electron chi connectivity index (χ4n) is 2.63. The molecule has 1 N–H and O–H groups in total. The SMILES string of the molecule is Cc1ccc([C@H](C)NC(=O)C2CCCCC2)cc1. The first-order valence-corrected chi connectivity index (χ1v) is 7.04. The average Bonchev–Trinajstić information content (AvgIpc) is 2.40. The zero-order chi connectivity index (χ0) is 13.0. The minimum Gasteiger partial charge on any atom is -0.349 e. The molecule has 0 heterocycles. The van der Waals surface area contributed by atoms with Crippen LogP contribution in [0.4, 0.5) is 0 Å². The van der Waals surface area contributed by atoms with E-state index in [4.69, 9.17) is 0 Å². The van der Waals surface area contributed by atoms with E-state index in [1.165, 1.54) is 30.4 Å². The van der Waals surface area contributed by atoms with Crippen LogP contribution in [-0.2, 0) is 4.79 Å². The number of rotatable bonds is 3. The second kappa shape index (κ2) is 6.03. The molecule has 1 aliphatic carbocycles. The Morgan fingerprint density at radius 2 is 1.78 bits per heavy atom. The summed E-state index contributed by atoms with van der Waals surface area (Å²) in [4.78, 5) is 12.1. The Labute approximate surface area is 110 Å². The molecule has 0 saturated heterocycles. The van der Waals surface area contributed by atoms with Crippen molar-refractivity contribution < 1.29 is 4.79 Å². The summed E-state index contributed by atoms with van der Waals surface area (Å²) in [6, 6.07) is 8.50. The Balaban J connectivity index is 1.91. The van der Waals surface area contributed by atoms with Gasteiger partial charge in [-0.1, -0.05) is 49.1 Å². The van der Waals surface area contributed by atoms with Crippen LogP contribution in [0.5, 0.6) is 0 Å². The molecule has 1 saturated carbocycles. The maximum absolute atomic E-state index is 12.1. The average molecular weight is 245 g/mol. The topological polar surface area (TPSA) is 29.1 Å². The van der Waals surface area contributed by atoms with Gasteiger partial charge < -0.3 is 5.32 Å². The molecule has 0 bridgehead atoms. The minimum absolute atomic E-state index is 0.111. The van der Waals surface area contributed by atoms with Crippen molar-refractivity contribution in [3.05, 3.63) is 35.4 Å². The molecule has 1 aliphatic rings. The molecule has 0 spiro atoms. The fraction of sp³-hybridized carbons (Fsp3) is 0.562. The lowest BCUT2D eigenvalue weighted by Crippen LogP contribution is -2.33. The second-order valence-electron chi connectivity index (χ2n) is 5.48. The molecule has 0 unspecified atom stereocenters. The highest BCUT2D eigenvalue weighted by Crippen LogP contribution is 2.24. The molecule has 1 aromatic carbocycles. The van der Waals surface area contributed by atoms with Crippen molar-refractivity contribution in [1.29, 1.82) is 0 Å². The molecule has 2 heteroatoms. The van der Waals surface area contributed by atoms with Crippen molar-refractivity contribution >= 4 is 5.91 Å². The highest BCUT2D eigenvalue weighted by atomic mass is 16.1. The van der Waals surface area contributed by atoms with E-state index in [1.807, 2.05) is 0 Å². The fourth-order valence-corrected chi connectivity index (χ4v) is 2.63. The zero-order valence-corrected chi connectivity index (χ0v) is 11.4. The Morgan fingerprint density at radius 1 is 1.17 bits per heavy atom. The Morgan fingerprint density at radius 3 is 2.39 bits per heavy atom. The predicted octanol–water partition coefficient (Wildman–Crippen LogP) is 3.75. The summed E-state index contributed by atoms with van der Waals surface area (Å²) in [6.07, 6.45) is 5.82. The highest BCUT2D eigenvalue weighted by Gasteiger charge is 2.22. The summed E-state index contributed by atoms with van der Waals surface area (Å²) in [6.45, 7) is 4.14. The Bertz CT molecular complexity index is 390. The van der Waals surface area contributed by atoms with Gasteiger partial charge in [0.25, 0.3) is 0 Å². The third-order valence-electron chi connectivity index (χ3n) is 3.91. The number of amides is 1. The van der Waals surface area contributed by atoms with Crippen LogP contribution in [0, 0.1) is 12.8 Å². The molecule has 0 radical (unpaired) electrons. The first-order valence-electron chi connectivity index (χ1n) is 7.04. The zero-order valence-electron chi connectivity index (χ0n) is 11.4. The number of hydrogen-bond acceptors (Lipinski definition) is 1. The van der Waals surface area contributed by atoms with E-state index in [0.717, 1.165) is 12.8 Å². The maximum Gasteiger partial charge on any atom is 0.223 e. The van der Waals surface area contributed by atoms with Crippen LogP contribution < -0.4 is 5.32 Å². The number of carbonyl (C=O) groups excluding carboxylic acids is 1. The van der Waals surface area contributed by atoms with Crippen LogP contribution in [-0.4, -0.2) is 5.91 Å². The van der Waals surface area contributed by atoms with Gasteiger partial charge in [-0.15, -0.1) is 0 Å². The number of hydrogen-bond donors (Lipinski definition) is 1. The van der Waals surface area contributed by atoms with Crippen molar-refractivity contribution in [2.45, 2.75) is 52.0 Å². The Hall–Kier alpha value is -1.31. The van der Waals surface area contributed by atoms with Crippen molar-refractivity contribution in [1.82, 2.24) is 5.32 Å². The molecule has 2 nitrogen and oxygen atoms in total. The maximum atomic E-state index is 12.1. The van der Waals surface area contributed by atoms with E-state index < -0.39 is 0 Å². The van der Waals surface area contributed by atoms with E-state index in [0.29, 0.717) is 0 Å². The van der Waals surface area contributed by atoms with Gasteiger partial charge in [-0.25, -0.2) is 0 Å².